The molecule has 0 aliphatic carbocycles. The molecule has 0 spiro atoms. The topological polar surface area (TPSA) is 100 Å². The zero-order chi connectivity index (χ0) is 9.84. The van der Waals surface area contributed by atoms with Crippen molar-refractivity contribution in [2.24, 2.45) is 0 Å². The smallest absolute Gasteiger partial charge is 0.314 e. The Morgan fingerprint density at radius 1 is 1.77 bits per heavy atom. The van der Waals surface area contributed by atoms with Crippen molar-refractivity contribution in [1.29, 1.82) is 5.26 Å². The Kier molecular flexibility index (Phi) is 2.40. The molecule has 0 radical (unpaired) electrons. The van der Waals surface area contributed by atoms with Gasteiger partial charge >= 0.3 is 5.69 Å². The van der Waals surface area contributed by atoms with Gasteiger partial charge in [-0.25, -0.2) is 0 Å². The summed E-state index contributed by atoms with van der Waals surface area (Å²) >= 11 is 0. The van der Waals surface area contributed by atoms with Crippen LogP contribution in [0, 0.1) is 21.4 Å². The first-order valence-electron chi connectivity index (χ1n) is 3.34. The van der Waals surface area contributed by atoms with Crippen LogP contribution in [0.15, 0.2) is 12.3 Å². The van der Waals surface area contributed by atoms with Crippen LogP contribution in [0.1, 0.15) is 5.69 Å². The molecule has 6 nitrogen and oxygen atoms in total. The molecule has 0 fully saturated rings. The van der Waals surface area contributed by atoms with Gasteiger partial charge < -0.3 is 5.11 Å². The Morgan fingerprint density at radius 2 is 2.46 bits per heavy atom. The minimum atomic E-state index is -0.724. The van der Waals surface area contributed by atoms with Crippen molar-refractivity contribution in [2.75, 3.05) is 0 Å². The van der Waals surface area contributed by atoms with Crippen LogP contribution in [0.3, 0.4) is 0 Å². The van der Waals surface area contributed by atoms with Gasteiger partial charge in [0, 0.05) is 6.07 Å². The minimum Gasteiger partial charge on any atom is -0.501 e. The van der Waals surface area contributed by atoms with Gasteiger partial charge in [0.2, 0.25) is 5.75 Å². The molecule has 0 aliphatic rings. The van der Waals surface area contributed by atoms with E-state index < -0.39 is 16.4 Å². The van der Waals surface area contributed by atoms with Gasteiger partial charge in [0.25, 0.3) is 0 Å². The Bertz CT molecular complexity index is 383. The van der Waals surface area contributed by atoms with Gasteiger partial charge in [0.15, 0.2) is 0 Å². The number of rotatable bonds is 2. The molecule has 66 valence electrons. The van der Waals surface area contributed by atoms with Gasteiger partial charge in [-0.2, -0.15) is 5.26 Å². The molecule has 6 heteroatoms. The summed E-state index contributed by atoms with van der Waals surface area (Å²) in [6.07, 6.45) is 0.950. The normalized spacial score (nSPS) is 9.15. The molecule has 1 aromatic rings. The van der Waals surface area contributed by atoms with E-state index in [1.165, 1.54) is 0 Å². The second-order valence-corrected chi connectivity index (χ2v) is 2.26. The molecular formula is C7H5N3O3. The number of aromatic nitrogens is 1. The fraction of sp³-hybridized carbons (Fsp3) is 0.143. The average molecular weight is 179 g/mol. The van der Waals surface area contributed by atoms with Crippen LogP contribution in [0.5, 0.6) is 5.75 Å². The SMILES string of the molecule is N#CCc1cc([N+](=O)[O-])c(O)cn1. The third kappa shape index (κ3) is 1.90. The van der Waals surface area contributed by atoms with Crippen LogP contribution in [0.4, 0.5) is 5.69 Å². The van der Waals surface area contributed by atoms with Crippen LogP contribution in [-0.2, 0) is 6.42 Å². The van der Waals surface area contributed by atoms with Crippen LogP contribution >= 0.6 is 0 Å². The van der Waals surface area contributed by atoms with E-state index in [0.29, 0.717) is 0 Å². The molecule has 13 heavy (non-hydrogen) atoms. The summed E-state index contributed by atoms with van der Waals surface area (Å²) in [6, 6.07) is 2.88. The maximum atomic E-state index is 10.3. The van der Waals surface area contributed by atoms with E-state index in [2.05, 4.69) is 4.98 Å². The lowest BCUT2D eigenvalue weighted by molar-refractivity contribution is -0.386. The van der Waals surface area contributed by atoms with E-state index in [9.17, 15) is 10.1 Å². The Labute approximate surface area is 73.2 Å². The molecule has 1 heterocycles. The Balaban J connectivity index is 3.13. The van der Waals surface area contributed by atoms with Crippen molar-refractivity contribution in [1.82, 2.24) is 4.98 Å². The van der Waals surface area contributed by atoms with E-state index in [4.69, 9.17) is 10.4 Å². The number of nitro groups is 1. The van der Waals surface area contributed by atoms with Crippen molar-refractivity contribution >= 4 is 5.69 Å². The summed E-state index contributed by atoms with van der Waals surface area (Å²) in [6.45, 7) is 0. The van der Waals surface area contributed by atoms with Gasteiger partial charge in [0.1, 0.15) is 0 Å². The maximum Gasteiger partial charge on any atom is 0.314 e. The van der Waals surface area contributed by atoms with Crippen molar-refractivity contribution in [3.63, 3.8) is 0 Å². The number of aromatic hydroxyl groups is 1. The second-order valence-electron chi connectivity index (χ2n) is 2.26. The lowest BCUT2D eigenvalue weighted by atomic mass is 10.2. The van der Waals surface area contributed by atoms with Gasteiger partial charge in [0.05, 0.1) is 29.3 Å². The van der Waals surface area contributed by atoms with Crippen LogP contribution in [-0.4, -0.2) is 15.0 Å². The highest BCUT2D eigenvalue weighted by atomic mass is 16.6. The summed E-state index contributed by atoms with van der Waals surface area (Å²) in [5.74, 6) is -0.494. The molecule has 0 saturated carbocycles. The quantitative estimate of drug-likeness (QED) is 0.533. The van der Waals surface area contributed by atoms with E-state index in [1.807, 2.05) is 0 Å². The lowest BCUT2D eigenvalue weighted by Gasteiger charge is -1.96. The van der Waals surface area contributed by atoms with E-state index in [1.54, 1.807) is 6.07 Å². The number of nitrogens with zero attached hydrogens (tertiary/aromatic N) is 3. The first-order valence-corrected chi connectivity index (χ1v) is 3.34. The van der Waals surface area contributed by atoms with E-state index in [-0.39, 0.29) is 12.1 Å². The number of pyridine rings is 1. The van der Waals surface area contributed by atoms with Crippen molar-refractivity contribution in [3.05, 3.63) is 28.1 Å². The monoisotopic (exact) mass is 179 g/mol. The number of nitriles is 1. The molecule has 0 aromatic carbocycles. The molecular weight excluding hydrogens is 174 g/mol. The third-order valence-corrected chi connectivity index (χ3v) is 1.38. The first kappa shape index (κ1) is 8.93. The van der Waals surface area contributed by atoms with Crippen LogP contribution < -0.4 is 0 Å². The molecule has 0 bridgehead atoms. The molecule has 0 atom stereocenters. The molecule has 1 aromatic heterocycles. The molecule has 0 aliphatic heterocycles. The number of hydrogen-bond acceptors (Lipinski definition) is 5. The average Bonchev–Trinajstić information content (AvgIpc) is 2.08. The van der Waals surface area contributed by atoms with Crippen molar-refractivity contribution < 1.29 is 10.0 Å². The van der Waals surface area contributed by atoms with E-state index >= 15 is 0 Å². The second kappa shape index (κ2) is 3.49. The third-order valence-electron chi connectivity index (χ3n) is 1.38. The molecule has 1 rings (SSSR count). The van der Waals surface area contributed by atoms with Gasteiger partial charge in [-0.1, -0.05) is 0 Å². The van der Waals surface area contributed by atoms with E-state index in [0.717, 1.165) is 12.3 Å². The standard InChI is InChI=1S/C7H5N3O3/c8-2-1-5-3-6(10(12)13)7(11)4-9-5/h3-4,11H,1H2. The molecule has 0 saturated heterocycles. The van der Waals surface area contributed by atoms with Crippen LogP contribution in [0.25, 0.3) is 0 Å². The first-order chi connectivity index (χ1) is 6.15. The van der Waals surface area contributed by atoms with Crippen molar-refractivity contribution in [2.45, 2.75) is 6.42 Å². The summed E-state index contributed by atoms with van der Waals surface area (Å²) in [5.41, 5.74) is -0.160. The fourth-order valence-electron chi connectivity index (χ4n) is 0.803. The summed E-state index contributed by atoms with van der Waals surface area (Å²) in [7, 11) is 0. The molecule has 0 unspecified atom stereocenters. The zero-order valence-electron chi connectivity index (χ0n) is 6.47. The van der Waals surface area contributed by atoms with Crippen molar-refractivity contribution in [3.8, 4) is 11.8 Å². The molecule has 1 N–H and O–H groups in total. The fourth-order valence-corrected chi connectivity index (χ4v) is 0.803. The van der Waals surface area contributed by atoms with Gasteiger partial charge in [-0.3, -0.25) is 15.1 Å². The highest BCUT2D eigenvalue weighted by molar-refractivity contribution is 5.44. The highest BCUT2D eigenvalue weighted by Gasteiger charge is 2.14. The lowest BCUT2D eigenvalue weighted by Crippen LogP contribution is -1.93. The Hall–Kier alpha value is -2.16. The summed E-state index contributed by atoms with van der Waals surface area (Å²) < 4.78 is 0. The summed E-state index contributed by atoms with van der Waals surface area (Å²) in [5, 5.41) is 27.6. The molecule has 0 amide bonds. The van der Waals surface area contributed by atoms with Crippen LogP contribution in [0.2, 0.25) is 0 Å². The highest BCUT2D eigenvalue weighted by Crippen LogP contribution is 2.24. The minimum absolute atomic E-state index is 0.0128. The largest absolute Gasteiger partial charge is 0.501 e. The maximum absolute atomic E-state index is 10.3. The van der Waals surface area contributed by atoms with Gasteiger partial charge in [-0.05, 0) is 0 Å². The predicted molar refractivity (Wildman–Crippen MR) is 41.9 cm³/mol. The zero-order valence-corrected chi connectivity index (χ0v) is 6.47. The predicted octanol–water partition coefficient (Wildman–Crippen LogP) is 0.761. The summed E-state index contributed by atoms with van der Waals surface area (Å²) in [4.78, 5) is 13.2. The Morgan fingerprint density at radius 3 is 3.00 bits per heavy atom. The number of hydrogen-bond donors (Lipinski definition) is 1. The van der Waals surface area contributed by atoms with Gasteiger partial charge in [-0.15, -0.1) is 0 Å².